The molecule has 0 unspecified atom stereocenters. The Morgan fingerprint density at radius 1 is 1.03 bits per heavy atom. The summed E-state index contributed by atoms with van der Waals surface area (Å²) in [5, 5.41) is 14.5. The normalized spacial score (nSPS) is 14.8. The fourth-order valence-electron chi connectivity index (χ4n) is 3.17. The molecule has 2 aromatic heterocycles. The molecule has 1 fully saturated rings. The Hall–Kier alpha value is -2.84. The minimum absolute atomic E-state index is 0.575. The molecule has 29 heavy (non-hydrogen) atoms. The molecule has 0 radical (unpaired) electrons. The number of H-pyrrole nitrogens is 1. The minimum atomic E-state index is 0.575. The Bertz CT molecular complexity index is 947. The van der Waals surface area contributed by atoms with Crippen LogP contribution in [0.2, 0.25) is 5.02 Å². The highest BCUT2D eigenvalue weighted by molar-refractivity contribution is 6.30. The highest BCUT2D eigenvalue weighted by atomic mass is 35.5. The fourth-order valence-corrected chi connectivity index (χ4v) is 3.30. The Kier molecular flexibility index (Phi) is 5.82. The summed E-state index contributed by atoms with van der Waals surface area (Å²) < 4.78 is 0. The van der Waals surface area contributed by atoms with Gasteiger partial charge in [0.05, 0.1) is 0 Å². The number of rotatable bonds is 6. The molecule has 0 spiro atoms. The van der Waals surface area contributed by atoms with Crippen LogP contribution in [-0.2, 0) is 6.54 Å². The topological polar surface area (TPSA) is 85.0 Å². The summed E-state index contributed by atoms with van der Waals surface area (Å²) in [4.78, 5) is 14.0. The molecule has 0 aliphatic carbocycles. The van der Waals surface area contributed by atoms with E-state index in [1.54, 1.807) is 0 Å². The number of aromatic amines is 1. The summed E-state index contributed by atoms with van der Waals surface area (Å²) in [5.74, 6) is 2.92. The van der Waals surface area contributed by atoms with Crippen LogP contribution in [0, 0.1) is 6.92 Å². The molecule has 0 saturated carbocycles. The molecule has 3 N–H and O–H groups in total. The molecule has 3 aromatic rings. The zero-order valence-corrected chi connectivity index (χ0v) is 17.4. The first kappa shape index (κ1) is 19.5. The quantitative estimate of drug-likeness (QED) is 0.572. The van der Waals surface area contributed by atoms with E-state index >= 15 is 0 Å². The van der Waals surface area contributed by atoms with E-state index < -0.39 is 0 Å². The first-order chi connectivity index (χ1) is 14.0. The van der Waals surface area contributed by atoms with Crippen LogP contribution in [0.15, 0.2) is 36.4 Å². The second kappa shape index (κ2) is 8.67. The lowest BCUT2D eigenvalue weighted by Gasteiger charge is -2.33. The molecule has 0 bridgehead atoms. The van der Waals surface area contributed by atoms with Crippen molar-refractivity contribution in [3.8, 4) is 0 Å². The van der Waals surface area contributed by atoms with E-state index in [-0.39, 0.29) is 0 Å². The van der Waals surface area contributed by atoms with Crippen LogP contribution in [0.1, 0.15) is 11.3 Å². The first-order valence-electron chi connectivity index (χ1n) is 9.65. The molecule has 0 amide bonds. The Morgan fingerprint density at radius 3 is 2.48 bits per heavy atom. The summed E-state index contributed by atoms with van der Waals surface area (Å²) in [6.45, 7) is 6.48. The van der Waals surface area contributed by atoms with Gasteiger partial charge in [0.25, 0.3) is 0 Å². The van der Waals surface area contributed by atoms with Gasteiger partial charge in [-0.3, -0.25) is 5.10 Å². The molecule has 1 saturated heterocycles. The number of likely N-dealkylation sites (N-methyl/N-ethyl adjacent to an activating group) is 1. The number of nitrogens with zero attached hydrogens (tertiary/aromatic N) is 5. The van der Waals surface area contributed by atoms with Gasteiger partial charge < -0.3 is 20.4 Å². The van der Waals surface area contributed by atoms with Crippen LogP contribution in [0.5, 0.6) is 0 Å². The van der Waals surface area contributed by atoms with Gasteiger partial charge in [0.2, 0.25) is 5.95 Å². The SMILES string of the molecule is Cc1cc(Nc2cc(N3CCN(C)CC3)nc(NCc3ccc(Cl)cc3)n2)n[nH]1. The molecular formula is C20H25ClN8. The largest absolute Gasteiger partial charge is 0.354 e. The zero-order valence-electron chi connectivity index (χ0n) is 16.6. The molecule has 8 nitrogen and oxygen atoms in total. The van der Waals surface area contributed by atoms with Crippen molar-refractivity contribution in [2.45, 2.75) is 13.5 Å². The zero-order chi connectivity index (χ0) is 20.2. The van der Waals surface area contributed by atoms with Crippen LogP contribution in [0.25, 0.3) is 0 Å². The van der Waals surface area contributed by atoms with Crippen LogP contribution in [-0.4, -0.2) is 58.3 Å². The van der Waals surface area contributed by atoms with E-state index in [1.165, 1.54) is 0 Å². The van der Waals surface area contributed by atoms with Gasteiger partial charge in [-0.1, -0.05) is 23.7 Å². The molecule has 1 aliphatic rings. The molecular weight excluding hydrogens is 388 g/mol. The maximum atomic E-state index is 5.97. The number of aryl methyl sites for hydroxylation is 1. The van der Waals surface area contributed by atoms with Crippen LogP contribution < -0.4 is 15.5 Å². The summed E-state index contributed by atoms with van der Waals surface area (Å²) in [6.07, 6.45) is 0. The lowest BCUT2D eigenvalue weighted by atomic mass is 10.2. The Balaban J connectivity index is 1.55. The number of benzene rings is 1. The summed E-state index contributed by atoms with van der Waals surface area (Å²) in [6, 6.07) is 11.7. The average molecular weight is 413 g/mol. The maximum Gasteiger partial charge on any atom is 0.226 e. The van der Waals surface area contributed by atoms with Gasteiger partial charge in [-0.2, -0.15) is 15.1 Å². The van der Waals surface area contributed by atoms with E-state index in [1.807, 2.05) is 43.3 Å². The van der Waals surface area contributed by atoms with E-state index in [2.05, 4.69) is 42.7 Å². The third kappa shape index (κ3) is 5.16. The minimum Gasteiger partial charge on any atom is -0.354 e. The molecule has 1 aliphatic heterocycles. The fraction of sp³-hybridized carbons (Fsp3) is 0.350. The smallest absolute Gasteiger partial charge is 0.226 e. The maximum absolute atomic E-state index is 5.97. The number of halogens is 1. The van der Waals surface area contributed by atoms with Gasteiger partial charge in [-0.25, -0.2) is 0 Å². The van der Waals surface area contributed by atoms with Crippen LogP contribution in [0.4, 0.5) is 23.4 Å². The van der Waals surface area contributed by atoms with Crippen LogP contribution in [0.3, 0.4) is 0 Å². The van der Waals surface area contributed by atoms with Crippen molar-refractivity contribution in [3.05, 3.63) is 52.7 Å². The molecule has 9 heteroatoms. The molecule has 1 aromatic carbocycles. The van der Waals surface area contributed by atoms with Crippen molar-refractivity contribution in [3.63, 3.8) is 0 Å². The van der Waals surface area contributed by atoms with Crippen molar-refractivity contribution in [2.75, 3.05) is 48.8 Å². The van der Waals surface area contributed by atoms with E-state index in [9.17, 15) is 0 Å². The second-order valence-corrected chi connectivity index (χ2v) is 7.70. The molecule has 3 heterocycles. The summed E-state index contributed by atoms with van der Waals surface area (Å²) >= 11 is 5.97. The van der Waals surface area contributed by atoms with Gasteiger partial charge >= 0.3 is 0 Å². The van der Waals surface area contributed by atoms with Crippen molar-refractivity contribution in [1.82, 2.24) is 25.1 Å². The monoisotopic (exact) mass is 412 g/mol. The Morgan fingerprint density at radius 2 is 1.79 bits per heavy atom. The van der Waals surface area contributed by atoms with E-state index in [4.69, 9.17) is 16.6 Å². The number of hydrogen-bond acceptors (Lipinski definition) is 7. The molecule has 0 atom stereocenters. The average Bonchev–Trinajstić information content (AvgIpc) is 3.12. The number of hydrogen-bond donors (Lipinski definition) is 3. The third-order valence-electron chi connectivity index (χ3n) is 4.87. The van der Waals surface area contributed by atoms with Crippen molar-refractivity contribution >= 4 is 35.0 Å². The van der Waals surface area contributed by atoms with Crippen molar-refractivity contribution in [2.24, 2.45) is 0 Å². The van der Waals surface area contributed by atoms with Crippen molar-refractivity contribution < 1.29 is 0 Å². The predicted octanol–water partition coefficient (Wildman–Crippen LogP) is 3.27. The highest BCUT2D eigenvalue weighted by Gasteiger charge is 2.17. The lowest BCUT2D eigenvalue weighted by Crippen LogP contribution is -2.44. The first-order valence-corrected chi connectivity index (χ1v) is 10.0. The number of anilines is 4. The van der Waals surface area contributed by atoms with Gasteiger partial charge in [0.1, 0.15) is 11.6 Å². The lowest BCUT2D eigenvalue weighted by molar-refractivity contribution is 0.312. The van der Waals surface area contributed by atoms with Gasteiger partial charge in [-0.05, 0) is 31.7 Å². The molecule has 152 valence electrons. The standard InChI is InChI=1S/C20H25ClN8/c1-14-11-18(27-26-14)23-17-12-19(29-9-7-28(2)8-10-29)25-20(24-17)22-13-15-3-5-16(21)6-4-15/h3-6,11-12H,7-10,13H2,1-2H3,(H3,22,23,24,25,26,27). The molecule has 4 rings (SSSR count). The van der Waals surface area contributed by atoms with E-state index in [0.29, 0.717) is 18.3 Å². The summed E-state index contributed by atoms with van der Waals surface area (Å²) in [5.41, 5.74) is 2.10. The van der Waals surface area contributed by atoms with E-state index in [0.717, 1.165) is 54.1 Å². The Labute approximate surface area is 175 Å². The summed E-state index contributed by atoms with van der Waals surface area (Å²) in [7, 11) is 2.14. The third-order valence-corrected chi connectivity index (χ3v) is 5.12. The van der Waals surface area contributed by atoms with Crippen LogP contribution >= 0.6 is 11.6 Å². The van der Waals surface area contributed by atoms with Gasteiger partial charge in [0.15, 0.2) is 5.82 Å². The second-order valence-electron chi connectivity index (χ2n) is 7.27. The number of aromatic nitrogens is 4. The number of nitrogens with one attached hydrogen (secondary N) is 3. The number of piperazine rings is 1. The van der Waals surface area contributed by atoms with Gasteiger partial charge in [-0.15, -0.1) is 0 Å². The predicted molar refractivity (Wildman–Crippen MR) is 117 cm³/mol. The van der Waals surface area contributed by atoms with Gasteiger partial charge in [0, 0.05) is 55.6 Å². The van der Waals surface area contributed by atoms with Crippen molar-refractivity contribution in [1.29, 1.82) is 0 Å². The highest BCUT2D eigenvalue weighted by Crippen LogP contribution is 2.22.